The smallest absolute Gasteiger partial charge is 0.307 e. The lowest BCUT2D eigenvalue weighted by molar-refractivity contribution is -0.140. The first-order chi connectivity index (χ1) is 9.92. The third kappa shape index (κ3) is 4.18. The molecule has 0 fully saturated rings. The number of esters is 1. The van der Waals surface area contributed by atoms with E-state index in [4.69, 9.17) is 0 Å². The third-order valence-electron chi connectivity index (χ3n) is 3.21. The number of H-pyrrole nitrogens is 1. The second-order valence-corrected chi connectivity index (χ2v) is 4.87. The predicted molar refractivity (Wildman–Crippen MR) is 78.5 cm³/mol. The van der Waals surface area contributed by atoms with Gasteiger partial charge < -0.3 is 15.0 Å². The second kappa shape index (κ2) is 7.61. The second-order valence-electron chi connectivity index (χ2n) is 4.87. The van der Waals surface area contributed by atoms with Gasteiger partial charge in [-0.1, -0.05) is 13.3 Å². The van der Waals surface area contributed by atoms with Crippen LogP contribution in [0.4, 0.5) is 0 Å². The zero-order valence-corrected chi connectivity index (χ0v) is 13.0. The summed E-state index contributed by atoms with van der Waals surface area (Å²) in [5.74, 6) is -0.741. The summed E-state index contributed by atoms with van der Waals surface area (Å²) in [4.78, 5) is 37.9. The molecule has 0 aliphatic carbocycles. The van der Waals surface area contributed by atoms with Crippen molar-refractivity contribution in [3.05, 3.63) is 22.5 Å². The summed E-state index contributed by atoms with van der Waals surface area (Å²) in [5, 5.41) is 2.66. The molecular formula is C15H22N2O4. The summed E-state index contributed by atoms with van der Waals surface area (Å²) in [6, 6.07) is 0. The molecular weight excluding hydrogens is 272 g/mol. The summed E-state index contributed by atoms with van der Waals surface area (Å²) in [5.41, 5.74) is 2.45. The Morgan fingerprint density at radius 1 is 1.29 bits per heavy atom. The van der Waals surface area contributed by atoms with E-state index >= 15 is 0 Å². The van der Waals surface area contributed by atoms with Crippen LogP contribution >= 0.6 is 0 Å². The summed E-state index contributed by atoms with van der Waals surface area (Å²) in [6.07, 6.45) is 1.60. The van der Waals surface area contributed by atoms with Crippen molar-refractivity contribution in [2.45, 2.75) is 40.0 Å². The van der Waals surface area contributed by atoms with Gasteiger partial charge in [0.25, 0.3) is 5.91 Å². The Morgan fingerprint density at radius 2 is 1.95 bits per heavy atom. The maximum atomic E-state index is 12.2. The molecule has 0 saturated heterocycles. The van der Waals surface area contributed by atoms with Crippen LogP contribution in [0.1, 0.15) is 58.8 Å². The van der Waals surface area contributed by atoms with Gasteiger partial charge >= 0.3 is 5.97 Å². The van der Waals surface area contributed by atoms with Crippen LogP contribution in [0.2, 0.25) is 0 Å². The quantitative estimate of drug-likeness (QED) is 0.592. The zero-order valence-electron chi connectivity index (χ0n) is 13.0. The minimum absolute atomic E-state index is 0.0548. The number of carbonyl (C=O) groups is 3. The van der Waals surface area contributed by atoms with Crippen molar-refractivity contribution in [2.24, 2.45) is 0 Å². The normalized spacial score (nSPS) is 10.3. The summed E-state index contributed by atoms with van der Waals surface area (Å²) >= 11 is 0. The summed E-state index contributed by atoms with van der Waals surface area (Å²) < 4.78 is 4.51. The fourth-order valence-corrected chi connectivity index (χ4v) is 2.32. The number of methoxy groups -OCH3 is 1. The number of aromatic nitrogens is 1. The van der Waals surface area contributed by atoms with Gasteiger partial charge in [-0.3, -0.25) is 14.4 Å². The Balaban J connectivity index is 2.91. The molecule has 0 unspecified atom stereocenters. The number of nitrogens with one attached hydrogen (secondary N) is 2. The molecule has 0 saturated carbocycles. The van der Waals surface area contributed by atoms with E-state index < -0.39 is 0 Å². The number of carbonyl (C=O) groups excluding carboxylic acids is 3. The van der Waals surface area contributed by atoms with Crippen LogP contribution in [0, 0.1) is 6.92 Å². The molecule has 0 atom stereocenters. The maximum Gasteiger partial charge on any atom is 0.307 e. The Hall–Kier alpha value is -2.11. The van der Waals surface area contributed by atoms with E-state index in [0.717, 1.165) is 12.0 Å². The third-order valence-corrected chi connectivity index (χ3v) is 3.21. The highest BCUT2D eigenvalue weighted by Crippen LogP contribution is 2.21. The van der Waals surface area contributed by atoms with Crippen molar-refractivity contribution in [1.82, 2.24) is 10.3 Å². The minimum Gasteiger partial charge on any atom is -0.469 e. The molecule has 1 heterocycles. The number of rotatable bonds is 7. The van der Waals surface area contributed by atoms with Crippen LogP contribution < -0.4 is 5.32 Å². The number of hydrogen-bond donors (Lipinski definition) is 2. The average Bonchev–Trinajstić information content (AvgIpc) is 2.75. The van der Waals surface area contributed by atoms with E-state index in [9.17, 15) is 14.4 Å². The van der Waals surface area contributed by atoms with E-state index in [2.05, 4.69) is 15.0 Å². The van der Waals surface area contributed by atoms with Crippen molar-refractivity contribution >= 4 is 17.7 Å². The lowest BCUT2D eigenvalue weighted by atomic mass is 10.0. The van der Waals surface area contributed by atoms with E-state index in [1.807, 2.05) is 6.92 Å². The van der Waals surface area contributed by atoms with E-state index in [1.165, 1.54) is 14.0 Å². The number of ether oxygens (including phenoxy) is 1. The van der Waals surface area contributed by atoms with Crippen LogP contribution in [0.5, 0.6) is 0 Å². The summed E-state index contributed by atoms with van der Waals surface area (Å²) in [7, 11) is 1.30. The van der Waals surface area contributed by atoms with Crippen LogP contribution in [0.3, 0.4) is 0 Å². The maximum absolute atomic E-state index is 12.2. The van der Waals surface area contributed by atoms with Crippen LogP contribution in [0.15, 0.2) is 0 Å². The lowest BCUT2D eigenvalue weighted by Gasteiger charge is -2.06. The van der Waals surface area contributed by atoms with E-state index in [1.54, 1.807) is 6.92 Å². The molecule has 116 valence electrons. The van der Waals surface area contributed by atoms with Gasteiger partial charge in [0, 0.05) is 17.8 Å². The number of hydrogen-bond acceptors (Lipinski definition) is 4. The molecule has 1 rings (SSSR count). The Morgan fingerprint density at radius 3 is 2.48 bits per heavy atom. The molecule has 21 heavy (non-hydrogen) atoms. The molecule has 0 aromatic carbocycles. The molecule has 1 aromatic heterocycles. The standard InChI is InChI=1S/C15H22N2O4/c1-5-6-11-13(10(3)18)9(2)17-14(11)15(20)16-8-7-12(19)21-4/h17H,5-8H2,1-4H3,(H,16,20). The minimum atomic E-state index is -0.379. The SMILES string of the molecule is CCCc1c(C(=O)NCCC(=O)OC)[nH]c(C)c1C(C)=O. The number of amides is 1. The molecule has 0 bridgehead atoms. The van der Waals surface area contributed by atoms with Gasteiger partial charge in [-0.05, 0) is 25.8 Å². The highest BCUT2D eigenvalue weighted by atomic mass is 16.5. The van der Waals surface area contributed by atoms with Gasteiger partial charge in [0.1, 0.15) is 5.69 Å². The van der Waals surface area contributed by atoms with Crippen LogP contribution in [-0.2, 0) is 16.0 Å². The van der Waals surface area contributed by atoms with Crippen molar-refractivity contribution in [3.63, 3.8) is 0 Å². The predicted octanol–water partition coefficient (Wildman–Crippen LogP) is 1.77. The van der Waals surface area contributed by atoms with Gasteiger partial charge in [0.2, 0.25) is 0 Å². The largest absolute Gasteiger partial charge is 0.469 e. The molecule has 0 aliphatic rings. The monoisotopic (exact) mass is 294 g/mol. The van der Waals surface area contributed by atoms with Crippen molar-refractivity contribution in [3.8, 4) is 0 Å². The van der Waals surface area contributed by atoms with Gasteiger partial charge in [0.05, 0.1) is 13.5 Å². The zero-order chi connectivity index (χ0) is 16.0. The Kier molecular flexibility index (Phi) is 6.14. The summed E-state index contributed by atoms with van der Waals surface area (Å²) in [6.45, 7) is 5.46. The van der Waals surface area contributed by atoms with Gasteiger partial charge in [0.15, 0.2) is 5.78 Å². The molecule has 0 radical (unpaired) electrons. The highest BCUT2D eigenvalue weighted by Gasteiger charge is 2.21. The molecule has 1 aromatic rings. The van der Waals surface area contributed by atoms with Gasteiger partial charge in [-0.25, -0.2) is 0 Å². The van der Waals surface area contributed by atoms with Gasteiger partial charge in [-0.15, -0.1) is 0 Å². The van der Waals surface area contributed by atoms with Crippen molar-refractivity contribution in [1.29, 1.82) is 0 Å². The van der Waals surface area contributed by atoms with E-state index in [0.29, 0.717) is 23.4 Å². The molecule has 0 aliphatic heterocycles. The molecule has 1 amide bonds. The number of aryl methyl sites for hydroxylation is 1. The Labute approximate surface area is 124 Å². The first-order valence-electron chi connectivity index (χ1n) is 6.99. The van der Waals surface area contributed by atoms with Crippen molar-refractivity contribution in [2.75, 3.05) is 13.7 Å². The lowest BCUT2D eigenvalue weighted by Crippen LogP contribution is -2.27. The van der Waals surface area contributed by atoms with Crippen LogP contribution in [0.25, 0.3) is 0 Å². The number of ketones is 1. The highest BCUT2D eigenvalue weighted by molar-refractivity contribution is 6.02. The van der Waals surface area contributed by atoms with E-state index in [-0.39, 0.29) is 30.6 Å². The molecule has 6 heteroatoms. The number of aromatic amines is 1. The average molecular weight is 294 g/mol. The molecule has 0 spiro atoms. The fourth-order valence-electron chi connectivity index (χ4n) is 2.32. The molecule has 2 N–H and O–H groups in total. The molecule has 6 nitrogen and oxygen atoms in total. The van der Waals surface area contributed by atoms with Crippen LogP contribution in [-0.4, -0.2) is 36.3 Å². The fraction of sp³-hybridized carbons (Fsp3) is 0.533. The first kappa shape index (κ1) is 16.9. The van der Waals surface area contributed by atoms with Gasteiger partial charge in [-0.2, -0.15) is 0 Å². The number of Topliss-reactive ketones (excluding diaryl/α,β-unsaturated/α-hetero) is 1. The van der Waals surface area contributed by atoms with Crippen molar-refractivity contribution < 1.29 is 19.1 Å². The first-order valence-corrected chi connectivity index (χ1v) is 6.99. The Bertz CT molecular complexity index is 546. The topological polar surface area (TPSA) is 88.3 Å².